The first-order valence-corrected chi connectivity index (χ1v) is 6.81. The summed E-state index contributed by atoms with van der Waals surface area (Å²) in [6, 6.07) is 0. The standard InChI is InChI=1S/C7H18N.C6H12O2S/c1-7(2)6-8(3,4)5;1-5(2)6(7)8-3-4-9/h7H,6H2,1-5H3;5,9H,3-4H2,1-2H3/q+1;. The van der Waals surface area contributed by atoms with E-state index in [2.05, 4.69) is 47.6 Å². The molecule has 0 bridgehead atoms. The molecule has 0 rings (SSSR count). The maximum Gasteiger partial charge on any atom is 0.308 e. The van der Waals surface area contributed by atoms with Crippen LogP contribution >= 0.6 is 12.6 Å². The highest BCUT2D eigenvalue weighted by Gasteiger charge is 2.08. The lowest BCUT2D eigenvalue weighted by Crippen LogP contribution is -2.37. The molecule has 3 nitrogen and oxygen atoms in total. The van der Waals surface area contributed by atoms with Gasteiger partial charge in [-0.05, 0) is 0 Å². The van der Waals surface area contributed by atoms with Crippen LogP contribution in [0.25, 0.3) is 0 Å². The number of esters is 1. The van der Waals surface area contributed by atoms with E-state index in [9.17, 15) is 4.79 Å². The zero-order valence-electron chi connectivity index (χ0n) is 12.5. The van der Waals surface area contributed by atoms with Crippen LogP contribution in [0.5, 0.6) is 0 Å². The van der Waals surface area contributed by atoms with E-state index in [1.54, 1.807) is 13.8 Å². The molecule has 104 valence electrons. The SMILES string of the molecule is CC(C)C(=O)OCCS.CC(C)C[N+](C)(C)C. The Labute approximate surface area is 113 Å². The number of carbonyl (C=O) groups excluding carboxylic acids is 1. The summed E-state index contributed by atoms with van der Waals surface area (Å²) in [7, 11) is 6.67. The fraction of sp³-hybridized carbons (Fsp3) is 0.923. The van der Waals surface area contributed by atoms with Crippen molar-refractivity contribution < 1.29 is 14.0 Å². The zero-order valence-corrected chi connectivity index (χ0v) is 13.4. The molecule has 4 heteroatoms. The van der Waals surface area contributed by atoms with Crippen LogP contribution < -0.4 is 0 Å². The average Bonchev–Trinajstić information content (AvgIpc) is 2.10. The topological polar surface area (TPSA) is 26.3 Å². The summed E-state index contributed by atoms with van der Waals surface area (Å²) in [6.07, 6.45) is 0. The molecular weight excluding hydrogens is 234 g/mol. The molecule has 0 aliphatic carbocycles. The highest BCUT2D eigenvalue weighted by atomic mass is 32.1. The maximum absolute atomic E-state index is 10.6. The van der Waals surface area contributed by atoms with E-state index in [-0.39, 0.29) is 11.9 Å². The van der Waals surface area contributed by atoms with Gasteiger partial charge in [0.05, 0.1) is 33.6 Å². The average molecular weight is 264 g/mol. The first-order chi connectivity index (χ1) is 7.60. The predicted octanol–water partition coefficient (Wildman–Crippen LogP) is 2.46. The van der Waals surface area contributed by atoms with Gasteiger partial charge in [-0.25, -0.2) is 0 Å². The van der Waals surface area contributed by atoms with Crippen molar-refractivity contribution in [2.75, 3.05) is 40.0 Å². The quantitative estimate of drug-likeness (QED) is 0.469. The van der Waals surface area contributed by atoms with Gasteiger partial charge in [-0.15, -0.1) is 0 Å². The van der Waals surface area contributed by atoms with Gasteiger partial charge in [-0.3, -0.25) is 4.79 Å². The van der Waals surface area contributed by atoms with E-state index < -0.39 is 0 Å². The minimum absolute atomic E-state index is 0.0233. The molecule has 0 radical (unpaired) electrons. The molecule has 0 fully saturated rings. The van der Waals surface area contributed by atoms with Crippen LogP contribution in [-0.4, -0.2) is 50.5 Å². The summed E-state index contributed by atoms with van der Waals surface area (Å²) in [6.45, 7) is 9.80. The van der Waals surface area contributed by atoms with Gasteiger partial charge in [0.1, 0.15) is 6.61 Å². The number of hydrogen-bond acceptors (Lipinski definition) is 3. The van der Waals surface area contributed by atoms with Gasteiger partial charge in [0.2, 0.25) is 0 Å². The number of nitrogens with zero attached hydrogens (tertiary/aromatic N) is 1. The Kier molecular flexibility index (Phi) is 11.0. The second kappa shape index (κ2) is 9.77. The third-order valence-corrected chi connectivity index (χ3v) is 1.90. The maximum atomic E-state index is 10.6. The smallest absolute Gasteiger partial charge is 0.308 e. The number of carbonyl (C=O) groups is 1. The molecule has 0 aliphatic heterocycles. The van der Waals surface area contributed by atoms with Crippen LogP contribution in [0.3, 0.4) is 0 Å². The summed E-state index contributed by atoms with van der Waals surface area (Å²) in [5, 5.41) is 0. The van der Waals surface area contributed by atoms with Crippen LogP contribution in [0.15, 0.2) is 0 Å². The molecule has 0 spiro atoms. The fourth-order valence-electron chi connectivity index (χ4n) is 1.41. The van der Waals surface area contributed by atoms with Gasteiger partial charge in [0.15, 0.2) is 0 Å². The molecule has 0 heterocycles. The molecule has 0 aliphatic rings. The van der Waals surface area contributed by atoms with Crippen molar-refractivity contribution in [2.24, 2.45) is 11.8 Å². The fourth-order valence-corrected chi connectivity index (χ4v) is 1.50. The van der Waals surface area contributed by atoms with Gasteiger partial charge in [0, 0.05) is 11.7 Å². The number of rotatable bonds is 5. The van der Waals surface area contributed by atoms with Gasteiger partial charge in [-0.1, -0.05) is 27.7 Å². The third-order valence-electron chi connectivity index (χ3n) is 1.72. The molecule has 0 N–H and O–H groups in total. The van der Waals surface area contributed by atoms with Crippen molar-refractivity contribution in [2.45, 2.75) is 27.7 Å². The number of quaternary nitrogens is 1. The second-order valence-corrected chi connectivity index (χ2v) is 6.36. The minimum Gasteiger partial charge on any atom is -0.465 e. The highest BCUT2D eigenvalue weighted by molar-refractivity contribution is 7.80. The Bertz CT molecular complexity index is 198. The van der Waals surface area contributed by atoms with Crippen molar-refractivity contribution in [1.82, 2.24) is 0 Å². The van der Waals surface area contributed by atoms with Gasteiger partial charge in [0.25, 0.3) is 0 Å². The molecule has 0 amide bonds. The Morgan fingerprint density at radius 3 is 1.82 bits per heavy atom. The summed E-state index contributed by atoms with van der Waals surface area (Å²) < 4.78 is 5.82. The molecule has 0 aromatic carbocycles. The van der Waals surface area contributed by atoms with E-state index >= 15 is 0 Å². The summed E-state index contributed by atoms with van der Waals surface area (Å²) in [5.41, 5.74) is 0. The number of thiol groups is 1. The van der Waals surface area contributed by atoms with Gasteiger partial charge in [-0.2, -0.15) is 12.6 Å². The Hall–Kier alpha value is -0.220. The van der Waals surface area contributed by atoms with Crippen LogP contribution in [-0.2, 0) is 9.53 Å². The normalized spacial score (nSPS) is 11.2. The van der Waals surface area contributed by atoms with Crippen molar-refractivity contribution in [3.63, 3.8) is 0 Å². The lowest BCUT2D eigenvalue weighted by molar-refractivity contribution is -0.873. The molecule has 0 aromatic heterocycles. The predicted molar refractivity (Wildman–Crippen MR) is 77.4 cm³/mol. The molecule has 0 atom stereocenters. The van der Waals surface area contributed by atoms with Crippen molar-refractivity contribution in [3.8, 4) is 0 Å². The molecule has 0 saturated carbocycles. The zero-order chi connectivity index (χ0) is 14.1. The van der Waals surface area contributed by atoms with Crippen molar-refractivity contribution in [1.29, 1.82) is 0 Å². The minimum atomic E-state index is -0.149. The first kappa shape index (κ1) is 19.1. The van der Waals surface area contributed by atoms with Crippen molar-refractivity contribution in [3.05, 3.63) is 0 Å². The van der Waals surface area contributed by atoms with E-state index in [1.165, 1.54) is 6.54 Å². The molecule has 17 heavy (non-hydrogen) atoms. The Morgan fingerprint density at radius 2 is 1.65 bits per heavy atom. The number of hydrogen-bond donors (Lipinski definition) is 1. The lowest BCUT2D eigenvalue weighted by Gasteiger charge is -2.25. The van der Waals surface area contributed by atoms with Crippen molar-refractivity contribution >= 4 is 18.6 Å². The van der Waals surface area contributed by atoms with Crippen LogP contribution in [0, 0.1) is 11.8 Å². The van der Waals surface area contributed by atoms with Gasteiger partial charge >= 0.3 is 5.97 Å². The first-order valence-electron chi connectivity index (χ1n) is 6.18. The largest absolute Gasteiger partial charge is 0.465 e. The summed E-state index contributed by atoms with van der Waals surface area (Å²) >= 11 is 3.89. The summed E-state index contributed by atoms with van der Waals surface area (Å²) in [5.74, 6) is 1.24. The van der Waals surface area contributed by atoms with Crippen LogP contribution in [0.1, 0.15) is 27.7 Å². The van der Waals surface area contributed by atoms with E-state index in [1.807, 2.05) is 0 Å². The molecule has 0 unspecified atom stereocenters. The number of ether oxygens (including phenoxy) is 1. The van der Waals surface area contributed by atoms with E-state index in [0.29, 0.717) is 12.4 Å². The highest BCUT2D eigenvalue weighted by Crippen LogP contribution is 1.98. The second-order valence-electron chi connectivity index (χ2n) is 5.91. The molecule has 0 aromatic rings. The van der Waals surface area contributed by atoms with E-state index in [0.717, 1.165) is 10.4 Å². The third kappa shape index (κ3) is 18.3. The van der Waals surface area contributed by atoms with Gasteiger partial charge < -0.3 is 9.22 Å². The van der Waals surface area contributed by atoms with Crippen LogP contribution in [0.2, 0.25) is 0 Å². The molecule has 0 saturated heterocycles. The summed E-state index contributed by atoms with van der Waals surface area (Å²) in [4.78, 5) is 10.6. The molecular formula is C13H30NO2S+. The van der Waals surface area contributed by atoms with Crippen LogP contribution in [0.4, 0.5) is 0 Å². The lowest BCUT2D eigenvalue weighted by atomic mass is 10.2. The van der Waals surface area contributed by atoms with E-state index in [4.69, 9.17) is 4.74 Å². The Morgan fingerprint density at radius 1 is 1.18 bits per heavy atom. The Balaban J connectivity index is 0. The monoisotopic (exact) mass is 264 g/mol.